The van der Waals surface area contributed by atoms with Crippen LogP contribution in [0.1, 0.15) is 121 Å². The predicted molar refractivity (Wildman–Crippen MR) is 152 cm³/mol. The van der Waals surface area contributed by atoms with Crippen molar-refractivity contribution in [2.75, 3.05) is 0 Å². The van der Waals surface area contributed by atoms with Gasteiger partial charge in [-0.05, 0) is 74.3 Å². The smallest absolute Gasteiger partial charge is 0.159 e. The van der Waals surface area contributed by atoms with E-state index in [0.717, 1.165) is 42.5 Å². The van der Waals surface area contributed by atoms with Gasteiger partial charge in [-0.25, -0.2) is 9.97 Å². The minimum Gasteiger partial charge on any atom is -0.236 e. The molecule has 2 nitrogen and oxygen atoms in total. The Morgan fingerprint density at radius 3 is 2.09 bits per heavy atom. The van der Waals surface area contributed by atoms with Crippen molar-refractivity contribution in [2.45, 2.75) is 123 Å². The molecule has 192 valence electrons. The molecule has 1 aliphatic carbocycles. The summed E-state index contributed by atoms with van der Waals surface area (Å²) >= 11 is 0. The monoisotopic (exact) mass is 474 g/mol. The first-order valence-corrected chi connectivity index (χ1v) is 14.8. The van der Waals surface area contributed by atoms with Crippen LogP contribution in [-0.4, -0.2) is 9.97 Å². The summed E-state index contributed by atoms with van der Waals surface area (Å²) in [4.78, 5) is 9.28. The van der Waals surface area contributed by atoms with Crippen molar-refractivity contribution in [3.8, 4) is 11.4 Å². The van der Waals surface area contributed by atoms with Crippen molar-refractivity contribution in [3.63, 3.8) is 0 Å². The molecule has 2 aromatic rings. The molecular weight excluding hydrogens is 424 g/mol. The Bertz CT molecular complexity index is 813. The first kappa shape index (κ1) is 27.6. The lowest BCUT2D eigenvalue weighted by Gasteiger charge is -2.26. The number of allylic oxidation sites excluding steroid dienone is 2. The van der Waals surface area contributed by atoms with Gasteiger partial charge in [-0.1, -0.05) is 108 Å². The Morgan fingerprint density at radius 1 is 0.714 bits per heavy atom. The Balaban J connectivity index is 1.33. The van der Waals surface area contributed by atoms with Crippen LogP contribution in [0.5, 0.6) is 0 Å². The van der Waals surface area contributed by atoms with Gasteiger partial charge in [0, 0.05) is 18.0 Å². The van der Waals surface area contributed by atoms with Gasteiger partial charge in [-0.3, -0.25) is 0 Å². The van der Waals surface area contributed by atoms with Gasteiger partial charge in [0.1, 0.15) is 0 Å². The van der Waals surface area contributed by atoms with Crippen molar-refractivity contribution in [2.24, 2.45) is 11.8 Å². The predicted octanol–water partition coefficient (Wildman–Crippen LogP) is 9.92. The topological polar surface area (TPSA) is 25.8 Å². The zero-order chi connectivity index (χ0) is 24.6. The molecule has 1 saturated carbocycles. The van der Waals surface area contributed by atoms with Gasteiger partial charge >= 0.3 is 0 Å². The molecule has 0 atom stereocenters. The standard InChI is InChI=1S/C33H50N2/c1-3-5-7-8-9-11-17-31-26-34-33(35-27-31)32-24-22-30(23-25-32)16-13-12-15-29-20-18-28(19-21-29)14-10-6-4-2/h12,15,22-29H,3-11,13-14,16-21H2,1-2H3/b15-12+. The van der Waals surface area contributed by atoms with Gasteiger partial charge < -0.3 is 0 Å². The molecule has 3 rings (SSSR count). The molecule has 2 heteroatoms. The van der Waals surface area contributed by atoms with E-state index >= 15 is 0 Å². The average molecular weight is 475 g/mol. The van der Waals surface area contributed by atoms with Crippen LogP contribution in [-0.2, 0) is 12.8 Å². The van der Waals surface area contributed by atoms with Crippen LogP contribution in [0.4, 0.5) is 0 Å². The van der Waals surface area contributed by atoms with Crippen LogP contribution in [0, 0.1) is 11.8 Å². The highest BCUT2D eigenvalue weighted by molar-refractivity contribution is 5.55. The largest absolute Gasteiger partial charge is 0.236 e. The Kier molecular flexibility index (Phi) is 13.2. The molecule has 35 heavy (non-hydrogen) atoms. The first-order valence-electron chi connectivity index (χ1n) is 14.8. The second kappa shape index (κ2) is 16.7. The summed E-state index contributed by atoms with van der Waals surface area (Å²) < 4.78 is 0. The normalized spacial score (nSPS) is 18.3. The second-order valence-corrected chi connectivity index (χ2v) is 10.9. The molecule has 1 aliphatic rings. The van der Waals surface area contributed by atoms with E-state index in [1.165, 1.54) is 101 Å². The van der Waals surface area contributed by atoms with Crippen molar-refractivity contribution in [1.82, 2.24) is 9.97 Å². The molecule has 0 aliphatic heterocycles. The zero-order valence-corrected chi connectivity index (χ0v) is 22.7. The Hall–Kier alpha value is -1.96. The molecule has 0 saturated heterocycles. The number of rotatable bonds is 16. The van der Waals surface area contributed by atoms with Gasteiger partial charge in [0.25, 0.3) is 0 Å². The molecule has 1 heterocycles. The number of benzene rings is 1. The zero-order valence-electron chi connectivity index (χ0n) is 22.7. The molecule has 1 aromatic heterocycles. The number of nitrogens with zero attached hydrogens (tertiary/aromatic N) is 2. The third-order valence-corrected chi connectivity index (χ3v) is 7.85. The molecule has 1 fully saturated rings. The molecule has 0 spiro atoms. The van der Waals surface area contributed by atoms with Gasteiger partial charge in [0.05, 0.1) is 0 Å². The number of unbranched alkanes of at least 4 members (excludes halogenated alkanes) is 7. The average Bonchev–Trinajstić information content (AvgIpc) is 2.90. The van der Waals surface area contributed by atoms with E-state index < -0.39 is 0 Å². The van der Waals surface area contributed by atoms with E-state index in [-0.39, 0.29) is 0 Å². The molecule has 1 aromatic carbocycles. The van der Waals surface area contributed by atoms with Crippen LogP contribution in [0.15, 0.2) is 48.8 Å². The molecule has 0 bridgehead atoms. The van der Waals surface area contributed by atoms with E-state index in [2.05, 4.69) is 60.2 Å². The van der Waals surface area contributed by atoms with Crippen molar-refractivity contribution in [3.05, 3.63) is 59.9 Å². The summed E-state index contributed by atoms with van der Waals surface area (Å²) in [5, 5.41) is 0. The van der Waals surface area contributed by atoms with Gasteiger partial charge in [-0.2, -0.15) is 0 Å². The van der Waals surface area contributed by atoms with Crippen LogP contribution >= 0.6 is 0 Å². The van der Waals surface area contributed by atoms with Gasteiger partial charge in [-0.15, -0.1) is 0 Å². The lowest BCUT2D eigenvalue weighted by atomic mass is 9.79. The van der Waals surface area contributed by atoms with E-state index in [1.54, 1.807) is 0 Å². The quantitative estimate of drug-likeness (QED) is 0.179. The fourth-order valence-electron chi connectivity index (χ4n) is 5.45. The second-order valence-electron chi connectivity index (χ2n) is 10.9. The highest BCUT2D eigenvalue weighted by Crippen LogP contribution is 2.32. The van der Waals surface area contributed by atoms with E-state index in [9.17, 15) is 0 Å². The van der Waals surface area contributed by atoms with Crippen LogP contribution in [0.25, 0.3) is 11.4 Å². The Morgan fingerprint density at radius 2 is 1.37 bits per heavy atom. The number of aryl methyl sites for hydroxylation is 2. The molecule has 0 amide bonds. The van der Waals surface area contributed by atoms with Crippen LogP contribution < -0.4 is 0 Å². The number of aromatic nitrogens is 2. The molecule has 0 radical (unpaired) electrons. The number of hydrogen-bond acceptors (Lipinski definition) is 2. The summed E-state index contributed by atoms with van der Waals surface area (Å²) in [6, 6.07) is 8.86. The molecule has 0 unspecified atom stereocenters. The third kappa shape index (κ3) is 10.7. The van der Waals surface area contributed by atoms with Crippen molar-refractivity contribution < 1.29 is 0 Å². The van der Waals surface area contributed by atoms with Crippen LogP contribution in [0.2, 0.25) is 0 Å². The first-order chi connectivity index (χ1) is 17.3. The van der Waals surface area contributed by atoms with E-state index in [0.29, 0.717) is 0 Å². The Labute approximate surface area is 216 Å². The lowest BCUT2D eigenvalue weighted by molar-refractivity contribution is 0.289. The highest BCUT2D eigenvalue weighted by Gasteiger charge is 2.18. The highest BCUT2D eigenvalue weighted by atomic mass is 14.9. The summed E-state index contributed by atoms with van der Waals surface area (Å²) in [5.41, 5.74) is 3.78. The minimum atomic E-state index is 0.820. The summed E-state index contributed by atoms with van der Waals surface area (Å²) in [6.45, 7) is 4.58. The third-order valence-electron chi connectivity index (χ3n) is 7.85. The van der Waals surface area contributed by atoms with Gasteiger partial charge in [0.2, 0.25) is 0 Å². The maximum absolute atomic E-state index is 4.64. The summed E-state index contributed by atoms with van der Waals surface area (Å²) in [6.07, 6.45) is 31.7. The fourth-order valence-corrected chi connectivity index (χ4v) is 5.45. The minimum absolute atomic E-state index is 0.820. The van der Waals surface area contributed by atoms with Crippen molar-refractivity contribution >= 4 is 0 Å². The summed E-state index contributed by atoms with van der Waals surface area (Å²) in [7, 11) is 0. The van der Waals surface area contributed by atoms with Crippen LogP contribution in [0.3, 0.4) is 0 Å². The molecular formula is C33H50N2. The van der Waals surface area contributed by atoms with Gasteiger partial charge in [0.15, 0.2) is 5.82 Å². The van der Waals surface area contributed by atoms with E-state index in [1.807, 2.05) is 12.4 Å². The van der Waals surface area contributed by atoms with E-state index in [4.69, 9.17) is 0 Å². The lowest BCUT2D eigenvalue weighted by Crippen LogP contribution is -2.13. The number of hydrogen-bond donors (Lipinski definition) is 0. The maximum atomic E-state index is 4.64. The maximum Gasteiger partial charge on any atom is 0.159 e. The summed E-state index contributed by atoms with van der Waals surface area (Å²) in [5.74, 6) is 2.67. The fraction of sp³-hybridized carbons (Fsp3) is 0.636. The SMILES string of the molecule is CCCCCCCCc1cnc(-c2ccc(CC/C=C/C3CCC(CCCCC)CC3)cc2)nc1. The molecule has 0 N–H and O–H groups in total. The van der Waals surface area contributed by atoms with Crippen molar-refractivity contribution in [1.29, 1.82) is 0 Å².